The van der Waals surface area contributed by atoms with E-state index in [1.807, 2.05) is 46.8 Å². The van der Waals surface area contributed by atoms with Gasteiger partial charge in [-0.1, -0.05) is 71.9 Å². The molecule has 0 aliphatic carbocycles. The Morgan fingerprint density at radius 3 is 2.31 bits per heavy atom. The number of aromatic nitrogens is 3. The zero-order chi connectivity index (χ0) is 21.0. The second kappa shape index (κ2) is 8.82. The van der Waals surface area contributed by atoms with Crippen molar-refractivity contribution in [2.45, 2.75) is 44.9 Å². The fourth-order valence-corrected chi connectivity index (χ4v) is 3.85. The molecular weight excluding hydrogens is 380 g/mol. The van der Waals surface area contributed by atoms with Gasteiger partial charge < -0.3 is 9.47 Å². The van der Waals surface area contributed by atoms with Crippen molar-refractivity contribution in [2.75, 3.05) is 5.75 Å². The van der Waals surface area contributed by atoms with Gasteiger partial charge in [0, 0.05) is 24.7 Å². The van der Waals surface area contributed by atoms with Gasteiger partial charge in [-0.3, -0.25) is 4.79 Å². The fourth-order valence-electron chi connectivity index (χ4n) is 3.06. The van der Waals surface area contributed by atoms with Crippen LogP contribution in [0.3, 0.4) is 0 Å². The van der Waals surface area contributed by atoms with Gasteiger partial charge in [-0.25, -0.2) is 0 Å². The lowest BCUT2D eigenvalue weighted by Gasteiger charge is -2.36. The minimum atomic E-state index is -0.263. The average molecular weight is 409 g/mol. The molecule has 0 saturated heterocycles. The number of benzene rings is 2. The first-order valence-corrected chi connectivity index (χ1v) is 10.7. The molecule has 1 aromatic heterocycles. The highest BCUT2D eigenvalue weighted by Crippen LogP contribution is 2.25. The summed E-state index contributed by atoms with van der Waals surface area (Å²) in [4.78, 5) is 15.0. The Kier molecular flexibility index (Phi) is 6.42. The summed E-state index contributed by atoms with van der Waals surface area (Å²) in [5, 5.41) is 9.36. The lowest BCUT2D eigenvalue weighted by atomic mass is 10.0. The van der Waals surface area contributed by atoms with Gasteiger partial charge in [0.2, 0.25) is 5.91 Å². The number of amides is 1. The van der Waals surface area contributed by atoms with Crippen molar-refractivity contribution < 1.29 is 4.79 Å². The van der Waals surface area contributed by atoms with E-state index < -0.39 is 0 Å². The molecular formula is C23H28N4OS. The molecule has 0 aliphatic heterocycles. The normalized spacial score (nSPS) is 11.5. The van der Waals surface area contributed by atoms with E-state index in [0.717, 1.165) is 22.1 Å². The molecule has 0 fully saturated rings. The van der Waals surface area contributed by atoms with E-state index in [1.54, 1.807) is 0 Å². The summed E-state index contributed by atoms with van der Waals surface area (Å²) in [6, 6.07) is 18.3. The van der Waals surface area contributed by atoms with Crippen molar-refractivity contribution in [2.24, 2.45) is 7.05 Å². The van der Waals surface area contributed by atoms with Gasteiger partial charge >= 0.3 is 0 Å². The summed E-state index contributed by atoms with van der Waals surface area (Å²) >= 11 is 1.43. The molecule has 1 heterocycles. The molecule has 0 aliphatic rings. The molecule has 0 radical (unpaired) electrons. The molecule has 152 valence electrons. The van der Waals surface area contributed by atoms with Crippen LogP contribution >= 0.6 is 11.8 Å². The molecule has 0 N–H and O–H groups in total. The quantitative estimate of drug-likeness (QED) is 0.554. The highest BCUT2D eigenvalue weighted by molar-refractivity contribution is 7.99. The number of aryl methyl sites for hydroxylation is 1. The zero-order valence-corrected chi connectivity index (χ0v) is 18.5. The van der Waals surface area contributed by atoms with E-state index in [0.29, 0.717) is 12.3 Å². The molecule has 0 unspecified atom stereocenters. The zero-order valence-electron chi connectivity index (χ0n) is 17.7. The fraction of sp³-hybridized carbons (Fsp3) is 0.348. The Hall–Kier alpha value is -2.60. The molecule has 5 nitrogen and oxygen atoms in total. The number of nitrogens with zero attached hydrogens (tertiary/aromatic N) is 4. The lowest BCUT2D eigenvalue weighted by molar-refractivity contribution is -0.133. The summed E-state index contributed by atoms with van der Waals surface area (Å²) < 4.78 is 1.95. The molecule has 0 saturated carbocycles. The summed E-state index contributed by atoms with van der Waals surface area (Å²) in [7, 11) is 1.94. The molecule has 1 amide bonds. The number of thioether (sulfide) groups is 1. The monoisotopic (exact) mass is 408 g/mol. The van der Waals surface area contributed by atoms with Crippen molar-refractivity contribution in [3.05, 3.63) is 65.7 Å². The van der Waals surface area contributed by atoms with E-state index in [1.165, 1.54) is 17.3 Å². The third kappa shape index (κ3) is 5.26. The van der Waals surface area contributed by atoms with Crippen LogP contribution in [0.2, 0.25) is 0 Å². The molecule has 0 bridgehead atoms. The third-order valence-electron chi connectivity index (χ3n) is 4.76. The van der Waals surface area contributed by atoms with Gasteiger partial charge in [0.25, 0.3) is 0 Å². The van der Waals surface area contributed by atoms with Crippen LogP contribution in [0.15, 0.2) is 59.8 Å². The number of hydrogen-bond acceptors (Lipinski definition) is 4. The van der Waals surface area contributed by atoms with Crippen LogP contribution in [0.4, 0.5) is 0 Å². The van der Waals surface area contributed by atoms with E-state index in [-0.39, 0.29) is 11.4 Å². The largest absolute Gasteiger partial charge is 0.333 e. The molecule has 3 aromatic rings. The summed E-state index contributed by atoms with van der Waals surface area (Å²) in [5.41, 5.74) is 3.09. The summed E-state index contributed by atoms with van der Waals surface area (Å²) in [6.07, 6.45) is 0. The molecule has 0 spiro atoms. The Morgan fingerprint density at radius 2 is 1.69 bits per heavy atom. The van der Waals surface area contributed by atoms with Crippen molar-refractivity contribution >= 4 is 17.7 Å². The van der Waals surface area contributed by atoms with E-state index in [2.05, 4.69) is 62.2 Å². The van der Waals surface area contributed by atoms with Crippen LogP contribution < -0.4 is 0 Å². The first-order chi connectivity index (χ1) is 13.8. The van der Waals surface area contributed by atoms with Gasteiger partial charge in [0.1, 0.15) is 0 Å². The number of rotatable bonds is 6. The summed E-state index contributed by atoms with van der Waals surface area (Å²) in [6.45, 7) is 8.85. The Labute approximate surface area is 177 Å². The van der Waals surface area contributed by atoms with Crippen LogP contribution in [0.25, 0.3) is 11.4 Å². The maximum atomic E-state index is 13.0. The van der Waals surface area contributed by atoms with Gasteiger partial charge in [0.05, 0.1) is 5.75 Å². The van der Waals surface area contributed by atoms with Crippen molar-refractivity contribution in [1.82, 2.24) is 19.7 Å². The Morgan fingerprint density at radius 1 is 1.03 bits per heavy atom. The number of carbonyl (C=O) groups is 1. The van der Waals surface area contributed by atoms with E-state index in [4.69, 9.17) is 0 Å². The highest BCUT2D eigenvalue weighted by Gasteiger charge is 2.27. The van der Waals surface area contributed by atoms with Gasteiger partial charge in [0.15, 0.2) is 11.0 Å². The Balaban J connectivity index is 1.71. The molecule has 2 aromatic carbocycles. The van der Waals surface area contributed by atoms with Crippen LogP contribution in [-0.4, -0.2) is 36.9 Å². The van der Waals surface area contributed by atoms with Gasteiger partial charge in [-0.15, -0.1) is 10.2 Å². The maximum absolute atomic E-state index is 13.0. The smallest absolute Gasteiger partial charge is 0.233 e. The standard InChI is InChI=1S/C23H28N4OS/c1-17-11-13-19(14-12-17)21-24-25-22(26(21)5)29-16-20(28)27(23(2,3)4)15-18-9-7-6-8-10-18/h6-14H,15-16H2,1-5H3. The van der Waals surface area contributed by atoms with E-state index in [9.17, 15) is 4.79 Å². The van der Waals surface area contributed by atoms with E-state index >= 15 is 0 Å². The second-order valence-electron chi connectivity index (χ2n) is 8.16. The Bertz CT molecular complexity index is 959. The van der Waals surface area contributed by atoms with Gasteiger partial charge in [-0.2, -0.15) is 0 Å². The molecule has 0 atom stereocenters. The van der Waals surface area contributed by atoms with Crippen LogP contribution in [-0.2, 0) is 18.4 Å². The highest BCUT2D eigenvalue weighted by atomic mass is 32.2. The third-order valence-corrected chi connectivity index (χ3v) is 5.77. The lowest BCUT2D eigenvalue weighted by Crippen LogP contribution is -2.45. The first kappa shape index (κ1) is 21.1. The predicted octanol–water partition coefficient (Wildman–Crippen LogP) is 4.71. The molecule has 29 heavy (non-hydrogen) atoms. The van der Waals surface area contributed by atoms with Crippen LogP contribution in [0.1, 0.15) is 31.9 Å². The SMILES string of the molecule is Cc1ccc(-c2nnc(SCC(=O)N(Cc3ccccc3)C(C)(C)C)n2C)cc1. The maximum Gasteiger partial charge on any atom is 0.233 e. The number of carbonyl (C=O) groups excluding carboxylic acids is 1. The van der Waals surface area contributed by atoms with Crippen LogP contribution in [0.5, 0.6) is 0 Å². The molecule has 3 rings (SSSR count). The van der Waals surface area contributed by atoms with Crippen molar-refractivity contribution in [3.8, 4) is 11.4 Å². The predicted molar refractivity (Wildman–Crippen MR) is 119 cm³/mol. The molecule has 6 heteroatoms. The minimum Gasteiger partial charge on any atom is -0.333 e. The topological polar surface area (TPSA) is 51.0 Å². The first-order valence-electron chi connectivity index (χ1n) is 9.69. The minimum absolute atomic E-state index is 0.0891. The summed E-state index contributed by atoms with van der Waals surface area (Å²) in [5.74, 6) is 1.22. The average Bonchev–Trinajstić information content (AvgIpc) is 3.05. The van der Waals surface area contributed by atoms with Gasteiger partial charge in [-0.05, 0) is 33.3 Å². The second-order valence-corrected chi connectivity index (χ2v) is 9.10. The van der Waals surface area contributed by atoms with Crippen molar-refractivity contribution in [1.29, 1.82) is 0 Å². The number of hydrogen-bond donors (Lipinski definition) is 0. The van der Waals surface area contributed by atoms with Crippen molar-refractivity contribution in [3.63, 3.8) is 0 Å². The van der Waals surface area contributed by atoms with Crippen LogP contribution in [0, 0.1) is 6.92 Å².